The molecular weight excluding hydrogens is 168 g/mol. The van der Waals surface area contributed by atoms with Gasteiger partial charge in [0.15, 0.2) is 12.0 Å². The predicted octanol–water partition coefficient (Wildman–Crippen LogP) is 1.56. The van der Waals surface area contributed by atoms with Crippen LogP contribution >= 0.6 is 0 Å². The topological polar surface area (TPSA) is 35.5 Å². The highest BCUT2D eigenvalue weighted by Crippen LogP contribution is 2.24. The predicted molar refractivity (Wildman–Crippen MR) is 46.5 cm³/mol. The van der Waals surface area contributed by atoms with Crippen LogP contribution in [0.2, 0.25) is 0 Å². The number of aldehydes is 1. The molecule has 13 heavy (non-hydrogen) atoms. The van der Waals surface area contributed by atoms with Gasteiger partial charge in [-0.3, -0.25) is 4.79 Å². The third-order valence-corrected chi connectivity index (χ3v) is 1.78. The number of rotatable bonds is 2. The van der Waals surface area contributed by atoms with Crippen LogP contribution in [-0.2, 0) is 14.3 Å². The summed E-state index contributed by atoms with van der Waals surface area (Å²) in [6.07, 6.45) is 0.662. The van der Waals surface area contributed by atoms with Gasteiger partial charge in [0.1, 0.15) is 0 Å². The van der Waals surface area contributed by atoms with Gasteiger partial charge in [-0.05, 0) is 0 Å². The van der Waals surface area contributed by atoms with Crippen molar-refractivity contribution < 1.29 is 14.3 Å². The van der Waals surface area contributed by atoms with E-state index in [9.17, 15) is 4.79 Å². The number of allylic oxidation sites excluding steroid dienone is 1. The summed E-state index contributed by atoms with van der Waals surface area (Å²) in [5.41, 5.74) is 0.863. The minimum Gasteiger partial charge on any atom is -0.453 e. The van der Waals surface area contributed by atoms with Gasteiger partial charge >= 0.3 is 0 Å². The van der Waals surface area contributed by atoms with Crippen LogP contribution in [0.5, 0.6) is 0 Å². The van der Waals surface area contributed by atoms with Crippen molar-refractivity contribution in [3.63, 3.8) is 0 Å². The minimum absolute atomic E-state index is 0.123. The number of hydrogen-bond acceptors (Lipinski definition) is 3. The third kappa shape index (κ3) is 1.40. The van der Waals surface area contributed by atoms with E-state index in [1.807, 2.05) is 30.3 Å². The van der Waals surface area contributed by atoms with E-state index in [0.717, 1.165) is 5.56 Å². The Morgan fingerprint density at radius 1 is 1.15 bits per heavy atom. The van der Waals surface area contributed by atoms with Crippen molar-refractivity contribution in [1.82, 2.24) is 0 Å². The molecule has 0 radical (unpaired) electrons. The number of carbonyl (C=O) groups excluding carboxylic acids is 1. The maximum absolute atomic E-state index is 10.5. The summed E-state index contributed by atoms with van der Waals surface area (Å²) in [4.78, 5) is 10.5. The van der Waals surface area contributed by atoms with E-state index >= 15 is 0 Å². The van der Waals surface area contributed by atoms with Gasteiger partial charge in [0.05, 0.1) is 0 Å². The second kappa shape index (κ2) is 3.31. The fourth-order valence-corrected chi connectivity index (χ4v) is 1.19. The average Bonchev–Trinajstić information content (AvgIpc) is 2.67. The maximum Gasteiger partial charge on any atom is 0.231 e. The molecule has 1 aromatic rings. The first kappa shape index (κ1) is 7.86. The highest BCUT2D eigenvalue weighted by atomic mass is 16.7. The van der Waals surface area contributed by atoms with E-state index in [1.54, 1.807) is 0 Å². The zero-order chi connectivity index (χ0) is 9.10. The van der Waals surface area contributed by atoms with Crippen molar-refractivity contribution in [2.24, 2.45) is 0 Å². The highest BCUT2D eigenvalue weighted by molar-refractivity contribution is 5.84. The van der Waals surface area contributed by atoms with Crippen LogP contribution in [0.25, 0.3) is 5.76 Å². The van der Waals surface area contributed by atoms with Gasteiger partial charge in [-0.15, -0.1) is 0 Å². The molecule has 1 heterocycles. The summed E-state index contributed by atoms with van der Waals surface area (Å²) < 4.78 is 10.1. The zero-order valence-corrected chi connectivity index (χ0v) is 6.90. The van der Waals surface area contributed by atoms with Gasteiger partial charge in [0, 0.05) is 5.56 Å². The van der Waals surface area contributed by atoms with Crippen LogP contribution < -0.4 is 0 Å². The molecule has 0 fully saturated rings. The summed E-state index contributed by atoms with van der Waals surface area (Å²) in [5, 5.41) is 0. The van der Waals surface area contributed by atoms with Crippen molar-refractivity contribution in [3.05, 3.63) is 41.7 Å². The van der Waals surface area contributed by atoms with Crippen molar-refractivity contribution in [3.8, 4) is 0 Å². The lowest BCUT2D eigenvalue weighted by Crippen LogP contribution is -1.87. The van der Waals surface area contributed by atoms with Gasteiger partial charge < -0.3 is 9.47 Å². The lowest BCUT2D eigenvalue weighted by atomic mass is 10.2. The van der Waals surface area contributed by atoms with E-state index in [2.05, 4.69) is 0 Å². The monoisotopic (exact) mass is 176 g/mol. The van der Waals surface area contributed by atoms with Gasteiger partial charge in [0.25, 0.3) is 0 Å². The van der Waals surface area contributed by atoms with Crippen molar-refractivity contribution >= 4 is 12.0 Å². The van der Waals surface area contributed by atoms with Crippen LogP contribution in [0.15, 0.2) is 36.1 Å². The van der Waals surface area contributed by atoms with Crippen LogP contribution in [0, 0.1) is 0 Å². The van der Waals surface area contributed by atoms with E-state index in [4.69, 9.17) is 9.47 Å². The molecular formula is C10H8O3. The fourth-order valence-electron chi connectivity index (χ4n) is 1.19. The Balaban J connectivity index is 2.41. The molecule has 66 valence electrons. The Kier molecular flexibility index (Phi) is 2.00. The van der Waals surface area contributed by atoms with Crippen molar-refractivity contribution in [2.45, 2.75) is 0 Å². The summed E-state index contributed by atoms with van der Waals surface area (Å²) in [7, 11) is 0. The van der Waals surface area contributed by atoms with Gasteiger partial charge in [-0.25, -0.2) is 0 Å². The summed E-state index contributed by atoms with van der Waals surface area (Å²) >= 11 is 0. The van der Waals surface area contributed by atoms with E-state index in [1.165, 1.54) is 0 Å². The van der Waals surface area contributed by atoms with Gasteiger partial charge in [0.2, 0.25) is 12.6 Å². The normalized spacial score (nSPS) is 15.1. The Bertz CT molecular complexity index is 340. The second-order valence-electron chi connectivity index (χ2n) is 2.58. The molecule has 0 saturated heterocycles. The number of carbonyl (C=O) groups is 1. The fraction of sp³-hybridized carbons (Fsp3) is 0.100. The van der Waals surface area contributed by atoms with Crippen LogP contribution in [0.3, 0.4) is 0 Å². The molecule has 3 nitrogen and oxygen atoms in total. The molecule has 0 spiro atoms. The average molecular weight is 176 g/mol. The summed E-state index contributed by atoms with van der Waals surface area (Å²) in [6.45, 7) is 0.123. The molecule has 0 aliphatic carbocycles. The molecule has 0 aromatic heterocycles. The molecule has 1 aliphatic heterocycles. The Hall–Kier alpha value is -1.77. The summed E-state index contributed by atoms with van der Waals surface area (Å²) in [6, 6.07) is 9.40. The number of ether oxygens (including phenoxy) is 2. The van der Waals surface area contributed by atoms with Crippen molar-refractivity contribution in [2.75, 3.05) is 6.79 Å². The molecule has 0 unspecified atom stereocenters. The van der Waals surface area contributed by atoms with Gasteiger partial charge in [-0.1, -0.05) is 30.3 Å². The molecule has 1 aromatic carbocycles. The van der Waals surface area contributed by atoms with Crippen LogP contribution in [0.4, 0.5) is 0 Å². The Morgan fingerprint density at radius 2 is 1.92 bits per heavy atom. The minimum atomic E-state index is 0.123. The molecule has 0 saturated carbocycles. The van der Waals surface area contributed by atoms with E-state index in [0.29, 0.717) is 12.0 Å². The Morgan fingerprint density at radius 3 is 2.62 bits per heavy atom. The summed E-state index contributed by atoms with van der Waals surface area (Å²) in [5.74, 6) is 0.793. The lowest BCUT2D eigenvalue weighted by molar-refractivity contribution is -0.107. The quantitative estimate of drug-likeness (QED) is 0.641. The zero-order valence-electron chi connectivity index (χ0n) is 6.90. The molecule has 3 heteroatoms. The largest absolute Gasteiger partial charge is 0.453 e. The molecule has 0 amide bonds. The van der Waals surface area contributed by atoms with Gasteiger partial charge in [-0.2, -0.15) is 0 Å². The molecule has 0 atom stereocenters. The number of hydrogen-bond donors (Lipinski definition) is 0. The number of benzene rings is 1. The molecule has 0 bridgehead atoms. The third-order valence-electron chi connectivity index (χ3n) is 1.78. The van der Waals surface area contributed by atoms with Crippen LogP contribution in [-0.4, -0.2) is 13.1 Å². The first-order valence-electron chi connectivity index (χ1n) is 3.92. The Labute approximate surface area is 75.6 Å². The second-order valence-corrected chi connectivity index (χ2v) is 2.58. The van der Waals surface area contributed by atoms with Crippen molar-refractivity contribution in [1.29, 1.82) is 0 Å². The standard InChI is InChI=1S/C10H8O3/c11-6-9-10(13-7-12-9)8-4-2-1-3-5-8/h1-6H,7H2. The van der Waals surface area contributed by atoms with E-state index in [-0.39, 0.29) is 12.6 Å². The smallest absolute Gasteiger partial charge is 0.231 e. The lowest BCUT2D eigenvalue weighted by Gasteiger charge is -1.99. The van der Waals surface area contributed by atoms with Crippen LogP contribution in [0.1, 0.15) is 5.56 Å². The maximum atomic E-state index is 10.5. The first-order chi connectivity index (χ1) is 6.42. The SMILES string of the molecule is O=CC1=C(c2ccccc2)OCO1. The molecule has 1 aliphatic rings. The van der Waals surface area contributed by atoms with E-state index < -0.39 is 0 Å². The first-order valence-corrected chi connectivity index (χ1v) is 3.92. The molecule has 2 rings (SSSR count). The molecule has 0 N–H and O–H groups in total. The highest BCUT2D eigenvalue weighted by Gasteiger charge is 2.17.